The van der Waals surface area contributed by atoms with E-state index in [2.05, 4.69) is 5.32 Å². The molecule has 0 spiro atoms. The Hall–Kier alpha value is -0.610. The first-order valence-corrected chi connectivity index (χ1v) is 2.81. The average Bonchev–Trinajstić information content (AvgIpc) is 1.63. The predicted molar refractivity (Wildman–Crippen MR) is 34.2 cm³/mol. The Morgan fingerprint density at radius 2 is 2.44 bits per heavy atom. The molecule has 0 bridgehead atoms. The maximum Gasteiger partial charge on any atom is 0.317 e. The molecule has 0 radical (unpaired) electrons. The van der Waals surface area contributed by atoms with Crippen molar-refractivity contribution < 1.29 is 9.90 Å². The van der Waals surface area contributed by atoms with Gasteiger partial charge in [0.25, 0.3) is 0 Å². The second-order valence-corrected chi connectivity index (χ2v) is 2.00. The molecule has 0 rings (SSSR count). The summed E-state index contributed by atoms with van der Waals surface area (Å²) in [5.74, 6) is -0.851. The van der Waals surface area contributed by atoms with E-state index in [0.717, 1.165) is 0 Å². The predicted octanol–water partition coefficient (Wildman–Crippen LogP) is -0.992. The standard InChI is InChI=1S/C5H12N2O2/c1-4(6)2-7-3-5(8)9/h4,7H,2-3,6H2,1H3,(H,8,9)/t4-/m0/s1. The molecule has 0 amide bonds. The third kappa shape index (κ3) is 7.39. The highest BCUT2D eigenvalue weighted by atomic mass is 16.4. The molecule has 9 heavy (non-hydrogen) atoms. The summed E-state index contributed by atoms with van der Waals surface area (Å²) in [6.07, 6.45) is 0. The quantitative estimate of drug-likeness (QED) is 0.459. The minimum atomic E-state index is -0.851. The molecule has 0 heterocycles. The lowest BCUT2D eigenvalue weighted by Gasteiger charge is -2.03. The summed E-state index contributed by atoms with van der Waals surface area (Å²) in [5.41, 5.74) is 5.32. The van der Waals surface area contributed by atoms with Gasteiger partial charge in [-0.25, -0.2) is 0 Å². The number of hydrogen-bond donors (Lipinski definition) is 3. The van der Waals surface area contributed by atoms with Gasteiger partial charge in [-0.1, -0.05) is 0 Å². The second-order valence-electron chi connectivity index (χ2n) is 2.00. The van der Waals surface area contributed by atoms with Gasteiger partial charge in [0.05, 0.1) is 6.54 Å². The highest BCUT2D eigenvalue weighted by Gasteiger charge is 1.95. The van der Waals surface area contributed by atoms with E-state index in [4.69, 9.17) is 10.8 Å². The first-order chi connectivity index (χ1) is 4.13. The Bertz CT molecular complexity index is 93.0. The van der Waals surface area contributed by atoms with Gasteiger partial charge in [-0.2, -0.15) is 0 Å². The van der Waals surface area contributed by atoms with Crippen LogP contribution in [0.1, 0.15) is 6.92 Å². The number of carbonyl (C=O) groups is 1. The Morgan fingerprint density at radius 1 is 1.89 bits per heavy atom. The normalized spacial score (nSPS) is 13.1. The van der Waals surface area contributed by atoms with Crippen molar-refractivity contribution in [3.63, 3.8) is 0 Å². The van der Waals surface area contributed by atoms with E-state index in [9.17, 15) is 4.79 Å². The van der Waals surface area contributed by atoms with E-state index in [1.807, 2.05) is 6.92 Å². The molecule has 0 aromatic rings. The van der Waals surface area contributed by atoms with Crippen molar-refractivity contribution in [2.75, 3.05) is 13.1 Å². The Morgan fingerprint density at radius 3 is 2.78 bits per heavy atom. The lowest BCUT2D eigenvalue weighted by Crippen LogP contribution is -2.34. The van der Waals surface area contributed by atoms with Gasteiger partial charge in [0.15, 0.2) is 0 Å². The van der Waals surface area contributed by atoms with Gasteiger partial charge in [-0.05, 0) is 6.92 Å². The van der Waals surface area contributed by atoms with Crippen molar-refractivity contribution in [2.24, 2.45) is 5.73 Å². The molecule has 0 saturated carbocycles. The van der Waals surface area contributed by atoms with Crippen LogP contribution in [0.15, 0.2) is 0 Å². The number of rotatable bonds is 4. The van der Waals surface area contributed by atoms with E-state index < -0.39 is 5.97 Å². The van der Waals surface area contributed by atoms with Crippen LogP contribution in [0.25, 0.3) is 0 Å². The summed E-state index contributed by atoms with van der Waals surface area (Å²) in [7, 11) is 0. The molecule has 0 aromatic carbocycles. The lowest BCUT2D eigenvalue weighted by atomic mass is 10.4. The summed E-state index contributed by atoms with van der Waals surface area (Å²) < 4.78 is 0. The minimum absolute atomic E-state index is 0.0124. The summed E-state index contributed by atoms with van der Waals surface area (Å²) in [4.78, 5) is 9.88. The monoisotopic (exact) mass is 132 g/mol. The van der Waals surface area contributed by atoms with Crippen LogP contribution in [0.2, 0.25) is 0 Å². The number of nitrogens with one attached hydrogen (secondary N) is 1. The van der Waals surface area contributed by atoms with Gasteiger partial charge < -0.3 is 16.2 Å². The van der Waals surface area contributed by atoms with Gasteiger partial charge in [-0.3, -0.25) is 4.79 Å². The number of carboxylic acid groups (broad SMARTS) is 1. The molecule has 0 aliphatic heterocycles. The summed E-state index contributed by atoms with van der Waals surface area (Å²) >= 11 is 0. The Kier molecular flexibility index (Phi) is 4.00. The van der Waals surface area contributed by atoms with Crippen LogP contribution < -0.4 is 11.1 Å². The van der Waals surface area contributed by atoms with E-state index in [1.165, 1.54) is 0 Å². The van der Waals surface area contributed by atoms with E-state index in [1.54, 1.807) is 0 Å². The van der Waals surface area contributed by atoms with Crippen LogP contribution in [-0.2, 0) is 4.79 Å². The van der Waals surface area contributed by atoms with Crippen LogP contribution in [0.3, 0.4) is 0 Å². The number of aliphatic carboxylic acids is 1. The average molecular weight is 132 g/mol. The van der Waals surface area contributed by atoms with Gasteiger partial charge in [0.2, 0.25) is 0 Å². The summed E-state index contributed by atoms with van der Waals surface area (Å²) in [5, 5.41) is 10.8. The highest BCUT2D eigenvalue weighted by Crippen LogP contribution is 1.68. The maximum absolute atomic E-state index is 9.88. The molecule has 0 aromatic heterocycles. The fraction of sp³-hybridized carbons (Fsp3) is 0.800. The number of hydrogen-bond acceptors (Lipinski definition) is 3. The van der Waals surface area contributed by atoms with E-state index >= 15 is 0 Å². The van der Waals surface area contributed by atoms with Crippen LogP contribution >= 0.6 is 0 Å². The van der Waals surface area contributed by atoms with Crippen LogP contribution in [0.4, 0.5) is 0 Å². The zero-order valence-electron chi connectivity index (χ0n) is 5.42. The second kappa shape index (κ2) is 4.29. The van der Waals surface area contributed by atoms with Crippen molar-refractivity contribution >= 4 is 5.97 Å². The fourth-order valence-electron chi connectivity index (χ4n) is 0.407. The highest BCUT2D eigenvalue weighted by molar-refractivity contribution is 5.68. The zero-order valence-corrected chi connectivity index (χ0v) is 5.42. The van der Waals surface area contributed by atoms with Crippen molar-refractivity contribution in [3.8, 4) is 0 Å². The third-order valence-corrected chi connectivity index (χ3v) is 0.743. The van der Waals surface area contributed by atoms with Crippen molar-refractivity contribution in [1.82, 2.24) is 5.32 Å². The van der Waals surface area contributed by atoms with E-state index in [0.29, 0.717) is 6.54 Å². The molecule has 0 aliphatic rings. The van der Waals surface area contributed by atoms with Crippen molar-refractivity contribution in [3.05, 3.63) is 0 Å². The van der Waals surface area contributed by atoms with E-state index in [-0.39, 0.29) is 12.6 Å². The topological polar surface area (TPSA) is 75.3 Å². The summed E-state index contributed by atoms with van der Waals surface area (Å²) in [6.45, 7) is 2.35. The molecular weight excluding hydrogens is 120 g/mol. The van der Waals surface area contributed by atoms with Crippen LogP contribution in [-0.4, -0.2) is 30.2 Å². The molecule has 4 heteroatoms. The first kappa shape index (κ1) is 8.39. The van der Waals surface area contributed by atoms with Gasteiger partial charge >= 0.3 is 5.97 Å². The summed E-state index contributed by atoms with van der Waals surface area (Å²) in [6, 6.07) is 0.0179. The smallest absolute Gasteiger partial charge is 0.317 e. The SMILES string of the molecule is C[C@H](N)CNCC(=O)O. The van der Waals surface area contributed by atoms with Gasteiger partial charge in [0, 0.05) is 12.6 Å². The minimum Gasteiger partial charge on any atom is -0.480 e. The molecular formula is C5H12N2O2. The molecule has 4 nitrogen and oxygen atoms in total. The number of nitrogens with two attached hydrogens (primary N) is 1. The molecule has 0 unspecified atom stereocenters. The molecule has 0 aliphatic carbocycles. The molecule has 1 atom stereocenters. The lowest BCUT2D eigenvalue weighted by molar-refractivity contribution is -0.135. The van der Waals surface area contributed by atoms with Crippen molar-refractivity contribution in [2.45, 2.75) is 13.0 Å². The Balaban J connectivity index is 3.01. The van der Waals surface area contributed by atoms with Crippen molar-refractivity contribution in [1.29, 1.82) is 0 Å². The van der Waals surface area contributed by atoms with Gasteiger partial charge in [-0.15, -0.1) is 0 Å². The Labute approximate surface area is 54.0 Å². The maximum atomic E-state index is 9.88. The molecule has 54 valence electrons. The molecule has 4 N–H and O–H groups in total. The largest absolute Gasteiger partial charge is 0.480 e. The van der Waals surface area contributed by atoms with Crippen LogP contribution in [0, 0.1) is 0 Å². The van der Waals surface area contributed by atoms with Crippen LogP contribution in [0.5, 0.6) is 0 Å². The van der Waals surface area contributed by atoms with Gasteiger partial charge in [0.1, 0.15) is 0 Å². The number of carboxylic acids is 1. The first-order valence-electron chi connectivity index (χ1n) is 2.81. The fourth-order valence-corrected chi connectivity index (χ4v) is 0.407. The zero-order chi connectivity index (χ0) is 7.28. The third-order valence-electron chi connectivity index (χ3n) is 0.743. The molecule has 0 saturated heterocycles. The molecule has 0 fully saturated rings.